The number of benzene rings is 3. The van der Waals surface area contributed by atoms with Crippen molar-refractivity contribution < 1.29 is 14.3 Å². The highest BCUT2D eigenvalue weighted by atomic mass is 16.5. The van der Waals surface area contributed by atoms with Crippen molar-refractivity contribution in [3.8, 4) is 16.9 Å². The molecule has 1 amide bonds. The third-order valence-electron chi connectivity index (χ3n) is 4.95. The van der Waals surface area contributed by atoms with E-state index in [1.165, 1.54) is 5.56 Å². The number of carbonyl (C=O) groups is 1. The van der Waals surface area contributed by atoms with Gasteiger partial charge in [-0.2, -0.15) is 0 Å². The second kappa shape index (κ2) is 7.25. The summed E-state index contributed by atoms with van der Waals surface area (Å²) in [6, 6.07) is 21.6. The summed E-state index contributed by atoms with van der Waals surface area (Å²) in [5.74, 6) is 0.359. The van der Waals surface area contributed by atoms with E-state index >= 15 is 0 Å². The molecule has 1 heterocycles. The standard InChI is InChI=1S/C23H21NO3/c1-26-14-13-15-7-6-12-20-21(15)16-8-2-3-9-17(16)22(27-20)18-10-4-5-11-19(18)23(24)25/h2-12,22H,13-14H2,1H3,(H2,24,25). The van der Waals surface area contributed by atoms with Crippen LogP contribution in [0.3, 0.4) is 0 Å². The summed E-state index contributed by atoms with van der Waals surface area (Å²) in [5, 5.41) is 0. The van der Waals surface area contributed by atoms with Crippen molar-refractivity contribution in [2.45, 2.75) is 12.5 Å². The first-order valence-electron chi connectivity index (χ1n) is 8.96. The van der Waals surface area contributed by atoms with Crippen molar-refractivity contribution in [2.75, 3.05) is 13.7 Å². The SMILES string of the molecule is COCCc1cccc2c1-c1ccccc1C(c1ccccc1C(N)=O)O2. The Morgan fingerprint density at radius 3 is 2.52 bits per heavy atom. The van der Waals surface area contributed by atoms with E-state index < -0.39 is 5.91 Å². The Kier molecular flexibility index (Phi) is 4.65. The molecule has 1 aliphatic heterocycles. The zero-order valence-electron chi connectivity index (χ0n) is 15.1. The largest absolute Gasteiger partial charge is 0.480 e. The van der Waals surface area contributed by atoms with E-state index in [0.717, 1.165) is 34.4 Å². The molecule has 2 N–H and O–H groups in total. The van der Waals surface area contributed by atoms with Crippen LogP contribution < -0.4 is 10.5 Å². The Morgan fingerprint density at radius 1 is 1.00 bits per heavy atom. The molecule has 4 rings (SSSR count). The highest BCUT2D eigenvalue weighted by Crippen LogP contribution is 2.46. The fourth-order valence-electron chi connectivity index (χ4n) is 3.73. The molecule has 0 bridgehead atoms. The molecule has 1 atom stereocenters. The number of hydrogen-bond acceptors (Lipinski definition) is 3. The third kappa shape index (κ3) is 3.09. The molecule has 0 aliphatic carbocycles. The van der Waals surface area contributed by atoms with Crippen LogP contribution in [0.1, 0.15) is 33.2 Å². The van der Waals surface area contributed by atoms with Gasteiger partial charge in [0.1, 0.15) is 5.75 Å². The first-order valence-corrected chi connectivity index (χ1v) is 8.96. The molecule has 4 heteroatoms. The Morgan fingerprint density at radius 2 is 1.74 bits per heavy atom. The fourth-order valence-corrected chi connectivity index (χ4v) is 3.73. The maximum absolute atomic E-state index is 11.9. The van der Waals surface area contributed by atoms with Gasteiger partial charge in [0.2, 0.25) is 5.91 Å². The van der Waals surface area contributed by atoms with Gasteiger partial charge in [-0.1, -0.05) is 54.6 Å². The van der Waals surface area contributed by atoms with Gasteiger partial charge in [-0.05, 0) is 29.7 Å². The van der Waals surface area contributed by atoms with Crippen LogP contribution >= 0.6 is 0 Å². The molecule has 0 spiro atoms. The van der Waals surface area contributed by atoms with Gasteiger partial charge in [0.25, 0.3) is 0 Å². The Hall–Kier alpha value is -3.11. The average molecular weight is 359 g/mol. The molecule has 1 unspecified atom stereocenters. The zero-order valence-corrected chi connectivity index (χ0v) is 15.1. The van der Waals surface area contributed by atoms with Crippen LogP contribution in [-0.2, 0) is 11.2 Å². The summed E-state index contributed by atoms with van der Waals surface area (Å²) in [7, 11) is 1.70. The van der Waals surface area contributed by atoms with Gasteiger partial charge < -0.3 is 15.2 Å². The monoisotopic (exact) mass is 359 g/mol. The highest BCUT2D eigenvalue weighted by molar-refractivity contribution is 5.95. The van der Waals surface area contributed by atoms with Gasteiger partial charge >= 0.3 is 0 Å². The molecule has 0 fully saturated rings. The van der Waals surface area contributed by atoms with Crippen molar-refractivity contribution in [3.05, 3.63) is 89.0 Å². The number of amides is 1. The number of fused-ring (bicyclic) bond motifs is 3. The molecule has 3 aromatic carbocycles. The Bertz CT molecular complexity index is 996. The number of rotatable bonds is 5. The molecular weight excluding hydrogens is 338 g/mol. The van der Waals surface area contributed by atoms with Crippen molar-refractivity contribution in [3.63, 3.8) is 0 Å². The van der Waals surface area contributed by atoms with Crippen molar-refractivity contribution in [1.29, 1.82) is 0 Å². The number of ether oxygens (including phenoxy) is 2. The molecule has 0 saturated heterocycles. The smallest absolute Gasteiger partial charge is 0.249 e. The lowest BCUT2D eigenvalue weighted by Crippen LogP contribution is -2.21. The molecule has 27 heavy (non-hydrogen) atoms. The number of primary amides is 1. The number of hydrogen-bond donors (Lipinski definition) is 1. The Balaban J connectivity index is 1.89. The second-order valence-corrected chi connectivity index (χ2v) is 6.57. The van der Waals surface area contributed by atoms with E-state index in [1.54, 1.807) is 13.2 Å². The minimum Gasteiger partial charge on any atom is -0.480 e. The third-order valence-corrected chi connectivity index (χ3v) is 4.95. The van der Waals surface area contributed by atoms with Gasteiger partial charge in [0, 0.05) is 29.4 Å². The van der Waals surface area contributed by atoms with Crippen LogP contribution in [-0.4, -0.2) is 19.6 Å². The molecule has 0 aromatic heterocycles. The van der Waals surface area contributed by atoms with Crippen molar-refractivity contribution in [1.82, 2.24) is 0 Å². The van der Waals surface area contributed by atoms with Gasteiger partial charge in [0.05, 0.1) is 6.61 Å². The number of carbonyl (C=O) groups excluding carboxylic acids is 1. The van der Waals surface area contributed by atoms with E-state index in [-0.39, 0.29) is 6.10 Å². The molecule has 0 saturated carbocycles. The lowest BCUT2D eigenvalue weighted by atomic mass is 9.85. The van der Waals surface area contributed by atoms with E-state index in [2.05, 4.69) is 12.1 Å². The second-order valence-electron chi connectivity index (χ2n) is 6.57. The highest BCUT2D eigenvalue weighted by Gasteiger charge is 2.30. The molecule has 4 nitrogen and oxygen atoms in total. The minimum absolute atomic E-state index is 0.380. The van der Waals surface area contributed by atoms with Crippen molar-refractivity contribution >= 4 is 5.91 Å². The molecule has 0 radical (unpaired) electrons. The maximum atomic E-state index is 11.9. The lowest BCUT2D eigenvalue weighted by molar-refractivity contribution is 0.0996. The maximum Gasteiger partial charge on any atom is 0.249 e. The summed E-state index contributed by atoms with van der Waals surface area (Å²) in [6.45, 7) is 0.645. The van der Waals surface area contributed by atoms with Crippen LogP contribution in [0.4, 0.5) is 0 Å². The van der Waals surface area contributed by atoms with Crippen LogP contribution in [0.25, 0.3) is 11.1 Å². The van der Waals surface area contributed by atoms with E-state index in [9.17, 15) is 4.79 Å². The van der Waals surface area contributed by atoms with Gasteiger partial charge in [-0.15, -0.1) is 0 Å². The first kappa shape index (κ1) is 17.3. The normalized spacial score (nSPS) is 14.8. The molecular formula is C23H21NO3. The van der Waals surface area contributed by atoms with Gasteiger partial charge in [-0.3, -0.25) is 4.79 Å². The first-order chi connectivity index (χ1) is 13.2. The van der Waals surface area contributed by atoms with E-state index in [0.29, 0.717) is 12.2 Å². The van der Waals surface area contributed by atoms with Crippen LogP contribution in [0, 0.1) is 0 Å². The van der Waals surface area contributed by atoms with Crippen LogP contribution in [0.15, 0.2) is 66.7 Å². The van der Waals surface area contributed by atoms with Crippen molar-refractivity contribution in [2.24, 2.45) is 5.73 Å². The number of nitrogens with two attached hydrogens (primary N) is 1. The molecule has 1 aliphatic rings. The minimum atomic E-state index is -0.452. The lowest BCUT2D eigenvalue weighted by Gasteiger charge is -2.31. The zero-order chi connectivity index (χ0) is 18.8. The summed E-state index contributed by atoms with van der Waals surface area (Å²) >= 11 is 0. The summed E-state index contributed by atoms with van der Waals surface area (Å²) in [5.41, 5.74) is 11.3. The number of methoxy groups -OCH3 is 1. The van der Waals surface area contributed by atoms with Gasteiger partial charge in [-0.25, -0.2) is 0 Å². The summed E-state index contributed by atoms with van der Waals surface area (Å²) in [6.07, 6.45) is 0.426. The van der Waals surface area contributed by atoms with E-state index in [1.807, 2.05) is 48.5 Å². The quantitative estimate of drug-likeness (QED) is 0.745. The molecule has 3 aromatic rings. The van der Waals surface area contributed by atoms with Crippen LogP contribution in [0.2, 0.25) is 0 Å². The summed E-state index contributed by atoms with van der Waals surface area (Å²) in [4.78, 5) is 11.9. The van der Waals surface area contributed by atoms with Crippen LogP contribution in [0.5, 0.6) is 5.75 Å². The van der Waals surface area contributed by atoms with E-state index in [4.69, 9.17) is 15.2 Å². The molecule has 136 valence electrons. The predicted molar refractivity (Wildman–Crippen MR) is 105 cm³/mol. The topological polar surface area (TPSA) is 61.5 Å². The average Bonchev–Trinajstić information content (AvgIpc) is 2.71. The summed E-state index contributed by atoms with van der Waals surface area (Å²) < 4.78 is 11.7. The fraction of sp³-hybridized carbons (Fsp3) is 0.174. The van der Waals surface area contributed by atoms with Gasteiger partial charge in [0.15, 0.2) is 6.10 Å². The Labute approximate surface area is 158 Å². The predicted octanol–water partition coefficient (Wildman–Crippen LogP) is 4.12.